The van der Waals surface area contributed by atoms with Crippen molar-refractivity contribution in [2.45, 2.75) is 64.5 Å². The zero-order valence-electron chi connectivity index (χ0n) is 18.0. The molecule has 5 heteroatoms. The van der Waals surface area contributed by atoms with Crippen molar-refractivity contribution >= 4 is 34.1 Å². The van der Waals surface area contributed by atoms with Gasteiger partial charge in [-0.1, -0.05) is 75.7 Å². The van der Waals surface area contributed by atoms with E-state index in [0.29, 0.717) is 0 Å². The van der Waals surface area contributed by atoms with Crippen LogP contribution in [0.15, 0.2) is 47.5 Å². The molecule has 3 rings (SSSR count). The van der Waals surface area contributed by atoms with Gasteiger partial charge in [-0.05, 0) is 70.6 Å². The predicted molar refractivity (Wildman–Crippen MR) is 121 cm³/mol. The van der Waals surface area contributed by atoms with Gasteiger partial charge in [0.1, 0.15) is 0 Å². The summed E-state index contributed by atoms with van der Waals surface area (Å²) in [5.74, 6) is 0. The molecule has 0 aliphatic heterocycles. The summed E-state index contributed by atoms with van der Waals surface area (Å²) in [6, 6.07) is 13.3. The number of benzene rings is 2. The van der Waals surface area contributed by atoms with Gasteiger partial charge in [0.25, 0.3) is 0 Å². The van der Waals surface area contributed by atoms with Gasteiger partial charge in [-0.2, -0.15) is 13.2 Å². The number of halogens is 4. The molecule has 2 aromatic rings. The number of nitrogens with zero attached hydrogens (tertiary/aromatic N) is 1. The Kier molecular flexibility index (Phi) is 5.94. The third-order valence-corrected chi connectivity index (χ3v) is 6.34. The minimum atomic E-state index is -4.63. The van der Waals surface area contributed by atoms with Crippen molar-refractivity contribution < 1.29 is 13.2 Å². The van der Waals surface area contributed by atoms with E-state index in [2.05, 4.69) is 57.0 Å². The molecule has 1 aliphatic carbocycles. The number of alkyl halides is 3. The summed E-state index contributed by atoms with van der Waals surface area (Å²) < 4.78 is 37.6. The highest BCUT2D eigenvalue weighted by molar-refractivity contribution is 6.67. The lowest BCUT2D eigenvalue weighted by molar-refractivity contribution is -0.0558. The Bertz CT molecular complexity index is 996. The smallest absolute Gasteiger partial charge is 0.232 e. The first-order chi connectivity index (χ1) is 13.8. The number of allylic oxidation sites excluding steroid dienone is 1. The highest BCUT2D eigenvalue weighted by Crippen LogP contribution is 2.46. The fourth-order valence-electron chi connectivity index (χ4n) is 4.00. The molecule has 0 aromatic heterocycles. The van der Waals surface area contributed by atoms with E-state index in [4.69, 9.17) is 11.6 Å². The van der Waals surface area contributed by atoms with Crippen molar-refractivity contribution in [2.75, 3.05) is 0 Å². The number of aliphatic imine (C=N–C) groups is 1. The molecule has 30 heavy (non-hydrogen) atoms. The minimum Gasteiger partial charge on any atom is -0.232 e. The van der Waals surface area contributed by atoms with Crippen molar-refractivity contribution in [3.8, 4) is 0 Å². The average Bonchev–Trinajstić information content (AvgIpc) is 2.65. The summed E-state index contributed by atoms with van der Waals surface area (Å²) in [5, 5.41) is -1.37. The molecule has 0 radical (unpaired) electrons. The Labute approximate surface area is 181 Å². The van der Waals surface area contributed by atoms with Crippen LogP contribution < -0.4 is 0 Å². The summed E-state index contributed by atoms with van der Waals surface area (Å²) in [6.07, 6.45) is -0.195. The molecule has 0 saturated heterocycles. The van der Waals surface area contributed by atoms with Gasteiger partial charge in [0.05, 0.1) is 5.69 Å². The molecular weight excluding hydrogens is 407 g/mol. The summed E-state index contributed by atoms with van der Waals surface area (Å²) in [7, 11) is 0. The van der Waals surface area contributed by atoms with E-state index in [0.717, 1.165) is 23.1 Å². The van der Waals surface area contributed by atoms with E-state index < -0.39 is 11.3 Å². The van der Waals surface area contributed by atoms with Crippen molar-refractivity contribution in [3.63, 3.8) is 0 Å². The van der Waals surface area contributed by atoms with Gasteiger partial charge < -0.3 is 0 Å². The molecule has 0 atom stereocenters. The van der Waals surface area contributed by atoms with Crippen LogP contribution in [0.4, 0.5) is 18.9 Å². The Hall–Kier alpha value is -2.07. The summed E-state index contributed by atoms with van der Waals surface area (Å²) in [6.45, 7) is 11.2. The van der Waals surface area contributed by atoms with Crippen molar-refractivity contribution in [3.05, 3.63) is 64.7 Å². The molecule has 0 heterocycles. The Balaban J connectivity index is 1.89. The van der Waals surface area contributed by atoms with Crippen LogP contribution in [0.1, 0.15) is 69.7 Å². The van der Waals surface area contributed by atoms with E-state index in [1.165, 1.54) is 17.5 Å². The summed E-state index contributed by atoms with van der Waals surface area (Å²) >= 11 is 5.22. The van der Waals surface area contributed by atoms with E-state index >= 15 is 0 Å². The molecule has 0 bridgehead atoms. The monoisotopic (exact) mass is 433 g/mol. The molecule has 0 amide bonds. The third kappa shape index (κ3) is 4.80. The van der Waals surface area contributed by atoms with E-state index in [9.17, 15) is 13.2 Å². The van der Waals surface area contributed by atoms with Crippen LogP contribution in [0.25, 0.3) is 11.6 Å². The second-order valence-corrected chi connectivity index (χ2v) is 9.71. The summed E-state index contributed by atoms with van der Waals surface area (Å²) in [4.78, 5) is 3.43. The fourth-order valence-corrected chi connectivity index (χ4v) is 4.10. The van der Waals surface area contributed by atoms with Crippen LogP contribution >= 0.6 is 11.6 Å². The highest BCUT2D eigenvalue weighted by Gasteiger charge is 2.37. The standard InChI is InChI=1S/C25H27ClF3N/c1-16(18-7-9-19(10-8-18)30-22(26)25(27,28)29)14-17-6-11-20-21(15-17)24(4,5)13-12-23(20,2)3/h6-11,14-15H,12-13H2,1-5H3/b16-14-,30-22?. The fraction of sp³-hybridized carbons (Fsp3) is 0.400. The molecule has 0 fully saturated rings. The van der Waals surface area contributed by atoms with Crippen LogP contribution in [0.3, 0.4) is 0 Å². The lowest BCUT2D eigenvalue weighted by atomic mass is 9.63. The Morgan fingerprint density at radius 2 is 1.50 bits per heavy atom. The second-order valence-electron chi connectivity index (χ2n) is 9.35. The van der Waals surface area contributed by atoms with Crippen molar-refractivity contribution in [1.82, 2.24) is 0 Å². The lowest BCUT2D eigenvalue weighted by Gasteiger charge is -2.42. The first kappa shape index (κ1) is 22.6. The van der Waals surface area contributed by atoms with E-state index in [1.807, 2.05) is 6.92 Å². The van der Waals surface area contributed by atoms with Gasteiger partial charge in [-0.15, -0.1) is 0 Å². The zero-order chi connectivity index (χ0) is 22.3. The predicted octanol–water partition coefficient (Wildman–Crippen LogP) is 8.43. The van der Waals surface area contributed by atoms with Crippen LogP contribution in [0.5, 0.6) is 0 Å². The SMILES string of the molecule is C/C(=C/c1ccc2c(c1)C(C)(C)CCC2(C)C)c1ccc(N=C(Cl)C(F)(F)F)cc1. The van der Waals surface area contributed by atoms with Crippen LogP contribution in [0.2, 0.25) is 0 Å². The molecule has 0 spiro atoms. The maximum absolute atomic E-state index is 12.5. The Morgan fingerprint density at radius 1 is 0.933 bits per heavy atom. The second kappa shape index (κ2) is 7.88. The largest absolute Gasteiger partial charge is 0.444 e. The third-order valence-electron chi connectivity index (χ3n) is 6.04. The quantitative estimate of drug-likeness (QED) is 0.340. The van der Waals surface area contributed by atoms with Gasteiger partial charge in [0, 0.05) is 0 Å². The molecule has 160 valence electrons. The molecule has 0 unspecified atom stereocenters. The molecule has 1 aliphatic rings. The van der Waals surface area contributed by atoms with Gasteiger partial charge in [0.15, 0.2) is 0 Å². The van der Waals surface area contributed by atoms with Crippen molar-refractivity contribution in [1.29, 1.82) is 0 Å². The normalized spacial score (nSPS) is 18.8. The maximum atomic E-state index is 12.5. The number of rotatable bonds is 3. The van der Waals surface area contributed by atoms with E-state index in [1.54, 1.807) is 24.3 Å². The van der Waals surface area contributed by atoms with Crippen molar-refractivity contribution in [2.24, 2.45) is 4.99 Å². The molecule has 0 saturated carbocycles. The van der Waals surface area contributed by atoms with Crippen LogP contribution in [-0.2, 0) is 10.8 Å². The number of hydrogen-bond acceptors (Lipinski definition) is 1. The first-order valence-corrected chi connectivity index (χ1v) is 10.4. The first-order valence-electron chi connectivity index (χ1n) is 10.0. The minimum absolute atomic E-state index is 0.139. The number of fused-ring (bicyclic) bond motifs is 1. The highest BCUT2D eigenvalue weighted by atomic mass is 35.5. The average molecular weight is 434 g/mol. The molecule has 0 N–H and O–H groups in total. The van der Waals surface area contributed by atoms with Gasteiger partial charge in [-0.25, -0.2) is 4.99 Å². The van der Waals surface area contributed by atoms with Gasteiger partial charge >= 0.3 is 6.18 Å². The topological polar surface area (TPSA) is 12.4 Å². The summed E-state index contributed by atoms with van der Waals surface area (Å²) in [5.41, 5.74) is 6.38. The van der Waals surface area contributed by atoms with Gasteiger partial charge in [-0.3, -0.25) is 0 Å². The maximum Gasteiger partial charge on any atom is 0.444 e. The zero-order valence-corrected chi connectivity index (χ0v) is 18.7. The molecule has 2 aromatic carbocycles. The van der Waals surface area contributed by atoms with Crippen LogP contribution in [-0.4, -0.2) is 11.3 Å². The Morgan fingerprint density at radius 3 is 2.07 bits per heavy atom. The molecule has 1 nitrogen and oxygen atoms in total. The van der Waals surface area contributed by atoms with Gasteiger partial charge in [0.2, 0.25) is 5.17 Å². The van der Waals surface area contributed by atoms with Crippen LogP contribution in [0, 0.1) is 0 Å². The lowest BCUT2D eigenvalue weighted by Crippen LogP contribution is -2.33. The number of hydrogen-bond donors (Lipinski definition) is 0. The van der Waals surface area contributed by atoms with E-state index in [-0.39, 0.29) is 16.5 Å². The molecular formula is C25H27ClF3N.